The molecule has 0 aromatic heterocycles. The van der Waals surface area contributed by atoms with Gasteiger partial charge in [0.15, 0.2) is 0 Å². The van der Waals surface area contributed by atoms with E-state index in [1.165, 1.54) is 0 Å². The predicted octanol–water partition coefficient (Wildman–Crippen LogP) is 1.19. The second kappa shape index (κ2) is 6.86. The van der Waals surface area contributed by atoms with E-state index in [-0.39, 0.29) is 11.9 Å². The summed E-state index contributed by atoms with van der Waals surface area (Å²) in [4.78, 5) is 11.7. The van der Waals surface area contributed by atoms with Gasteiger partial charge >= 0.3 is 5.97 Å². The van der Waals surface area contributed by atoms with Crippen LogP contribution < -0.4 is 5.73 Å². The largest absolute Gasteiger partial charge is 0.465 e. The van der Waals surface area contributed by atoms with Gasteiger partial charge in [0.05, 0.1) is 19.1 Å². The predicted molar refractivity (Wildman–Crippen MR) is 61.9 cm³/mol. The maximum atomic E-state index is 11.7. The van der Waals surface area contributed by atoms with E-state index in [1.54, 1.807) is 0 Å². The third-order valence-corrected chi connectivity index (χ3v) is 2.86. The lowest BCUT2D eigenvalue weighted by Gasteiger charge is -2.17. The van der Waals surface area contributed by atoms with Crippen LogP contribution in [0.25, 0.3) is 0 Å². The minimum atomic E-state index is -0.151. The molecule has 0 aromatic rings. The van der Waals surface area contributed by atoms with Crippen molar-refractivity contribution in [3.8, 4) is 0 Å². The van der Waals surface area contributed by atoms with Gasteiger partial charge < -0.3 is 15.2 Å². The van der Waals surface area contributed by atoms with E-state index in [0.717, 1.165) is 19.4 Å². The van der Waals surface area contributed by atoms with Gasteiger partial charge in [-0.15, -0.1) is 0 Å². The molecule has 0 bridgehead atoms. The summed E-state index contributed by atoms with van der Waals surface area (Å²) in [6.07, 6.45) is 1.79. The topological polar surface area (TPSA) is 61.6 Å². The second-order valence-corrected chi connectivity index (χ2v) is 4.92. The molecule has 0 spiro atoms. The van der Waals surface area contributed by atoms with Crippen molar-refractivity contribution in [1.82, 2.24) is 0 Å². The van der Waals surface area contributed by atoms with Crippen molar-refractivity contribution in [2.75, 3.05) is 26.4 Å². The maximum absolute atomic E-state index is 11.7. The molecule has 16 heavy (non-hydrogen) atoms. The molecule has 1 aliphatic heterocycles. The fourth-order valence-corrected chi connectivity index (χ4v) is 1.89. The summed E-state index contributed by atoms with van der Waals surface area (Å²) in [7, 11) is 0. The van der Waals surface area contributed by atoms with Gasteiger partial charge in [-0.05, 0) is 18.8 Å². The van der Waals surface area contributed by atoms with Crippen LogP contribution in [0, 0.1) is 17.8 Å². The smallest absolute Gasteiger partial charge is 0.310 e. The van der Waals surface area contributed by atoms with E-state index in [1.807, 2.05) is 0 Å². The van der Waals surface area contributed by atoms with E-state index in [9.17, 15) is 4.79 Å². The molecule has 94 valence electrons. The van der Waals surface area contributed by atoms with Gasteiger partial charge in [-0.25, -0.2) is 0 Å². The minimum absolute atomic E-state index is 0.150. The lowest BCUT2D eigenvalue weighted by atomic mass is 9.97. The Morgan fingerprint density at radius 1 is 1.56 bits per heavy atom. The second-order valence-electron chi connectivity index (χ2n) is 4.92. The minimum Gasteiger partial charge on any atom is -0.465 e. The first-order valence-electron chi connectivity index (χ1n) is 6.08. The molecule has 2 unspecified atom stereocenters. The molecule has 1 heterocycles. The van der Waals surface area contributed by atoms with Crippen LogP contribution in [0.5, 0.6) is 0 Å². The van der Waals surface area contributed by atoms with Gasteiger partial charge in [0.1, 0.15) is 0 Å². The van der Waals surface area contributed by atoms with Gasteiger partial charge in [0.25, 0.3) is 0 Å². The number of carbonyl (C=O) groups excluding carboxylic acids is 1. The Bertz CT molecular complexity index is 212. The highest BCUT2D eigenvalue weighted by Gasteiger charge is 2.22. The third kappa shape index (κ3) is 4.49. The molecule has 0 aliphatic carbocycles. The molecular weight excluding hydrogens is 206 g/mol. The SMILES string of the molecule is CC(C)CC(CN)C(=O)OCC1CCOC1. The molecular formula is C12H23NO3. The summed E-state index contributed by atoms with van der Waals surface area (Å²) in [5.41, 5.74) is 5.58. The Hall–Kier alpha value is -0.610. The van der Waals surface area contributed by atoms with E-state index in [4.69, 9.17) is 15.2 Å². The fraction of sp³-hybridized carbons (Fsp3) is 0.917. The Balaban J connectivity index is 2.25. The van der Waals surface area contributed by atoms with Crippen LogP contribution >= 0.6 is 0 Å². The molecule has 0 amide bonds. The molecule has 2 N–H and O–H groups in total. The molecule has 1 rings (SSSR count). The van der Waals surface area contributed by atoms with Crippen molar-refractivity contribution in [1.29, 1.82) is 0 Å². The summed E-state index contributed by atoms with van der Waals surface area (Å²) in [6, 6.07) is 0. The highest BCUT2D eigenvalue weighted by Crippen LogP contribution is 2.16. The van der Waals surface area contributed by atoms with Gasteiger partial charge in [0, 0.05) is 19.1 Å². The molecule has 1 aliphatic rings. The van der Waals surface area contributed by atoms with Crippen LogP contribution in [0.4, 0.5) is 0 Å². The van der Waals surface area contributed by atoms with E-state index in [2.05, 4.69) is 13.8 Å². The maximum Gasteiger partial charge on any atom is 0.310 e. The van der Waals surface area contributed by atoms with E-state index >= 15 is 0 Å². The van der Waals surface area contributed by atoms with Crippen LogP contribution in [0.1, 0.15) is 26.7 Å². The summed E-state index contributed by atoms with van der Waals surface area (Å²) < 4.78 is 10.5. The summed E-state index contributed by atoms with van der Waals surface area (Å²) in [6.45, 7) is 6.52. The first kappa shape index (κ1) is 13.5. The average molecular weight is 229 g/mol. The standard InChI is InChI=1S/C12H23NO3/c1-9(2)5-11(6-13)12(14)16-8-10-3-4-15-7-10/h9-11H,3-8,13H2,1-2H3. The van der Waals surface area contributed by atoms with Gasteiger partial charge in [-0.3, -0.25) is 4.79 Å². The number of esters is 1. The molecule has 0 saturated carbocycles. The molecule has 0 aromatic carbocycles. The monoisotopic (exact) mass is 229 g/mol. The van der Waals surface area contributed by atoms with E-state index in [0.29, 0.717) is 31.6 Å². The van der Waals surface area contributed by atoms with Crippen LogP contribution in [0.15, 0.2) is 0 Å². The van der Waals surface area contributed by atoms with Crippen LogP contribution in [-0.2, 0) is 14.3 Å². The zero-order valence-electron chi connectivity index (χ0n) is 10.3. The molecule has 4 nitrogen and oxygen atoms in total. The molecule has 4 heteroatoms. The van der Waals surface area contributed by atoms with Crippen LogP contribution in [0.3, 0.4) is 0 Å². The normalized spacial score (nSPS) is 22.4. The number of ether oxygens (including phenoxy) is 2. The average Bonchev–Trinajstić information content (AvgIpc) is 2.75. The third-order valence-electron chi connectivity index (χ3n) is 2.86. The van der Waals surface area contributed by atoms with Crippen LogP contribution in [-0.4, -0.2) is 32.3 Å². The van der Waals surface area contributed by atoms with Crippen molar-refractivity contribution >= 4 is 5.97 Å². The molecule has 1 saturated heterocycles. The quantitative estimate of drug-likeness (QED) is 0.695. The van der Waals surface area contributed by atoms with Crippen molar-refractivity contribution in [3.05, 3.63) is 0 Å². The molecule has 2 atom stereocenters. The van der Waals surface area contributed by atoms with Gasteiger partial charge in [0.2, 0.25) is 0 Å². The van der Waals surface area contributed by atoms with Crippen molar-refractivity contribution in [2.24, 2.45) is 23.5 Å². The van der Waals surface area contributed by atoms with Gasteiger partial charge in [-0.1, -0.05) is 13.8 Å². The summed E-state index contributed by atoms with van der Waals surface area (Å²) in [5.74, 6) is 0.544. The highest BCUT2D eigenvalue weighted by atomic mass is 16.5. The van der Waals surface area contributed by atoms with Crippen molar-refractivity contribution in [2.45, 2.75) is 26.7 Å². The number of hydrogen-bond acceptors (Lipinski definition) is 4. The Morgan fingerprint density at radius 3 is 2.81 bits per heavy atom. The summed E-state index contributed by atoms with van der Waals surface area (Å²) in [5, 5.41) is 0. The first-order chi connectivity index (χ1) is 7.63. The zero-order valence-corrected chi connectivity index (χ0v) is 10.3. The lowest BCUT2D eigenvalue weighted by molar-refractivity contribution is -0.150. The fourth-order valence-electron chi connectivity index (χ4n) is 1.89. The van der Waals surface area contributed by atoms with Crippen LogP contribution in [0.2, 0.25) is 0 Å². The molecule has 1 fully saturated rings. The number of rotatable bonds is 6. The number of carbonyl (C=O) groups is 1. The van der Waals surface area contributed by atoms with Gasteiger partial charge in [-0.2, -0.15) is 0 Å². The molecule has 0 radical (unpaired) electrons. The Morgan fingerprint density at radius 2 is 2.31 bits per heavy atom. The van der Waals surface area contributed by atoms with E-state index < -0.39 is 0 Å². The number of nitrogens with two attached hydrogens (primary N) is 1. The lowest BCUT2D eigenvalue weighted by Crippen LogP contribution is -2.28. The van der Waals surface area contributed by atoms with Crippen molar-refractivity contribution in [3.63, 3.8) is 0 Å². The Kier molecular flexibility index (Phi) is 5.77. The van der Waals surface area contributed by atoms with Crippen molar-refractivity contribution < 1.29 is 14.3 Å². The summed E-state index contributed by atoms with van der Waals surface area (Å²) >= 11 is 0. The first-order valence-corrected chi connectivity index (χ1v) is 6.08. The number of hydrogen-bond donors (Lipinski definition) is 1. The Labute approximate surface area is 97.5 Å². The highest BCUT2D eigenvalue weighted by molar-refractivity contribution is 5.72. The zero-order chi connectivity index (χ0) is 12.0.